The lowest BCUT2D eigenvalue weighted by Gasteiger charge is -2.36. The fraction of sp³-hybridized carbons (Fsp3) is 0.588. The van der Waals surface area contributed by atoms with Crippen LogP contribution in [-0.4, -0.2) is 68.4 Å². The molecule has 3 rings (SSSR count). The number of benzene rings is 1. The van der Waals surface area contributed by atoms with E-state index in [4.69, 9.17) is 14.2 Å². The van der Waals surface area contributed by atoms with Gasteiger partial charge in [0.1, 0.15) is 0 Å². The lowest BCUT2D eigenvalue weighted by atomic mass is 10.1. The van der Waals surface area contributed by atoms with Gasteiger partial charge in [-0.1, -0.05) is 0 Å². The van der Waals surface area contributed by atoms with Gasteiger partial charge in [0, 0.05) is 38.7 Å². The van der Waals surface area contributed by atoms with Crippen molar-refractivity contribution in [2.24, 2.45) is 0 Å². The number of hydrogen-bond donors (Lipinski definition) is 0. The molecule has 6 nitrogen and oxygen atoms in total. The van der Waals surface area contributed by atoms with E-state index in [2.05, 4.69) is 32.8 Å². The molecule has 1 aromatic rings. The van der Waals surface area contributed by atoms with Gasteiger partial charge in [0.25, 0.3) is 5.79 Å². The van der Waals surface area contributed by atoms with Crippen molar-refractivity contribution in [3.63, 3.8) is 0 Å². The molecule has 0 aromatic heterocycles. The van der Waals surface area contributed by atoms with Crippen molar-refractivity contribution in [1.29, 1.82) is 0 Å². The van der Waals surface area contributed by atoms with Crippen LogP contribution < -0.4 is 9.47 Å². The molecule has 0 saturated carbocycles. The van der Waals surface area contributed by atoms with Crippen LogP contribution in [0.15, 0.2) is 10.5 Å². The average molecular weight is 399 g/mol. The molecule has 0 N–H and O–H groups in total. The van der Waals surface area contributed by atoms with E-state index in [1.54, 1.807) is 6.07 Å². The Bertz CT molecular complexity index is 658. The predicted molar refractivity (Wildman–Crippen MR) is 93.8 cm³/mol. The second-order valence-corrected chi connectivity index (χ2v) is 7.45. The highest BCUT2D eigenvalue weighted by molar-refractivity contribution is 9.10. The monoisotopic (exact) mass is 398 g/mol. The van der Waals surface area contributed by atoms with Crippen molar-refractivity contribution in [2.75, 3.05) is 46.9 Å². The summed E-state index contributed by atoms with van der Waals surface area (Å²) in [6.07, 6.45) is 0. The molecule has 24 heavy (non-hydrogen) atoms. The van der Waals surface area contributed by atoms with Gasteiger partial charge in [-0.2, -0.15) is 0 Å². The maximum Gasteiger partial charge on any atom is 0.338 e. The molecule has 1 unspecified atom stereocenters. The molecule has 0 radical (unpaired) electrons. The van der Waals surface area contributed by atoms with Crippen LogP contribution in [0.3, 0.4) is 0 Å². The Morgan fingerprint density at radius 3 is 2.54 bits per heavy atom. The van der Waals surface area contributed by atoms with Crippen LogP contribution in [0.1, 0.15) is 22.8 Å². The number of ether oxygens (including phenoxy) is 3. The molecular formula is C17H23BrN2O4. The number of carbonyl (C=O) groups excluding carboxylic acids is 1. The smallest absolute Gasteiger partial charge is 0.338 e. The van der Waals surface area contributed by atoms with Gasteiger partial charge < -0.3 is 19.1 Å². The lowest BCUT2D eigenvalue weighted by molar-refractivity contribution is -0.0892. The summed E-state index contributed by atoms with van der Waals surface area (Å²) in [7, 11) is 3.50. The van der Waals surface area contributed by atoms with E-state index in [9.17, 15) is 4.79 Å². The number of esters is 1. The molecule has 1 fully saturated rings. The maximum atomic E-state index is 11.9. The molecule has 0 aliphatic carbocycles. The van der Waals surface area contributed by atoms with Crippen LogP contribution in [0.5, 0.6) is 11.5 Å². The van der Waals surface area contributed by atoms with Gasteiger partial charge in [-0.25, -0.2) is 4.79 Å². The van der Waals surface area contributed by atoms with Gasteiger partial charge in [0.05, 0.1) is 23.7 Å². The van der Waals surface area contributed by atoms with E-state index in [1.807, 2.05) is 13.8 Å². The Morgan fingerprint density at radius 2 is 1.92 bits per heavy atom. The third kappa shape index (κ3) is 3.25. The number of rotatable bonds is 3. The number of nitrogens with zero attached hydrogens (tertiary/aromatic N) is 2. The van der Waals surface area contributed by atoms with Crippen molar-refractivity contribution in [1.82, 2.24) is 9.80 Å². The highest BCUT2D eigenvalue weighted by Crippen LogP contribution is 2.48. The molecule has 0 bridgehead atoms. The van der Waals surface area contributed by atoms with Gasteiger partial charge in [0.2, 0.25) is 0 Å². The zero-order chi connectivity index (χ0) is 17.5. The standard InChI is InChI=1S/C17H23BrN2O4/c1-11-12(16(21)22-4)9-13(18)15-14(11)23-17(2,24-15)10-20-7-5-19(3)6-8-20/h9H,5-8,10H2,1-4H3. The fourth-order valence-electron chi connectivity index (χ4n) is 3.17. The minimum atomic E-state index is -0.764. The SMILES string of the molecule is COC(=O)c1cc(Br)c2c(c1C)OC(C)(CN1CCN(C)CC1)O2. The number of methoxy groups -OCH3 is 1. The summed E-state index contributed by atoms with van der Waals surface area (Å²) in [5.74, 6) is 0.116. The topological polar surface area (TPSA) is 51.2 Å². The first-order valence-electron chi connectivity index (χ1n) is 8.03. The van der Waals surface area contributed by atoms with E-state index in [0.29, 0.717) is 28.1 Å². The Kier molecular flexibility index (Phi) is 4.77. The minimum Gasteiger partial charge on any atom is -0.465 e. The van der Waals surface area contributed by atoms with E-state index in [0.717, 1.165) is 31.7 Å². The normalized spacial score (nSPS) is 24.2. The van der Waals surface area contributed by atoms with E-state index >= 15 is 0 Å². The summed E-state index contributed by atoms with van der Waals surface area (Å²) in [4.78, 5) is 16.6. The van der Waals surface area contributed by atoms with Crippen molar-refractivity contribution >= 4 is 21.9 Å². The van der Waals surface area contributed by atoms with E-state index < -0.39 is 5.79 Å². The molecule has 1 aromatic carbocycles. The Morgan fingerprint density at radius 1 is 1.29 bits per heavy atom. The number of halogens is 1. The van der Waals surface area contributed by atoms with Crippen molar-refractivity contribution in [3.8, 4) is 11.5 Å². The molecule has 7 heteroatoms. The van der Waals surface area contributed by atoms with Crippen molar-refractivity contribution in [3.05, 3.63) is 21.7 Å². The average Bonchev–Trinajstić information content (AvgIpc) is 2.91. The Labute approximate surface area is 150 Å². The molecule has 2 heterocycles. The molecule has 132 valence electrons. The van der Waals surface area contributed by atoms with Gasteiger partial charge in [-0.3, -0.25) is 4.90 Å². The summed E-state index contributed by atoms with van der Waals surface area (Å²) in [6.45, 7) is 8.52. The van der Waals surface area contributed by atoms with Gasteiger partial charge in [0.15, 0.2) is 11.5 Å². The molecule has 1 atom stereocenters. The largest absolute Gasteiger partial charge is 0.465 e. The third-order valence-corrected chi connectivity index (χ3v) is 5.18. The highest BCUT2D eigenvalue weighted by Gasteiger charge is 2.41. The minimum absolute atomic E-state index is 0.382. The second kappa shape index (κ2) is 6.54. The van der Waals surface area contributed by atoms with Crippen molar-refractivity contribution in [2.45, 2.75) is 19.6 Å². The lowest BCUT2D eigenvalue weighted by Crippen LogP contribution is -2.53. The molecule has 2 aliphatic heterocycles. The molecule has 2 aliphatic rings. The first kappa shape index (κ1) is 17.5. The van der Waals surface area contributed by atoms with Crippen LogP contribution in [-0.2, 0) is 4.74 Å². The molecule has 0 amide bonds. The van der Waals surface area contributed by atoms with Crippen molar-refractivity contribution < 1.29 is 19.0 Å². The second-order valence-electron chi connectivity index (χ2n) is 6.60. The van der Waals surface area contributed by atoms with Crippen LogP contribution in [0, 0.1) is 6.92 Å². The summed E-state index contributed by atoms with van der Waals surface area (Å²) < 4.78 is 17.8. The van der Waals surface area contributed by atoms with Gasteiger partial charge in [-0.15, -0.1) is 0 Å². The number of carbonyl (C=O) groups is 1. The number of likely N-dealkylation sites (N-methyl/N-ethyl adjacent to an activating group) is 1. The summed E-state index contributed by atoms with van der Waals surface area (Å²) >= 11 is 3.48. The Balaban J connectivity index is 1.82. The summed E-state index contributed by atoms with van der Waals surface area (Å²) in [5.41, 5.74) is 1.22. The zero-order valence-electron chi connectivity index (χ0n) is 14.5. The third-order valence-electron chi connectivity index (χ3n) is 4.59. The summed E-state index contributed by atoms with van der Waals surface area (Å²) in [6, 6.07) is 1.73. The first-order valence-corrected chi connectivity index (χ1v) is 8.82. The number of piperazine rings is 1. The Hall–Kier alpha value is -1.31. The number of hydrogen-bond acceptors (Lipinski definition) is 6. The van der Waals surface area contributed by atoms with Gasteiger partial charge in [-0.05, 0) is 36.0 Å². The quantitative estimate of drug-likeness (QED) is 0.727. The predicted octanol–water partition coefficient (Wildman–Crippen LogP) is 2.28. The molecule has 0 spiro atoms. The zero-order valence-corrected chi connectivity index (χ0v) is 16.1. The van der Waals surface area contributed by atoms with Gasteiger partial charge >= 0.3 is 5.97 Å². The fourth-order valence-corrected chi connectivity index (χ4v) is 3.66. The molecular weight excluding hydrogens is 376 g/mol. The maximum absolute atomic E-state index is 11.9. The number of fused-ring (bicyclic) bond motifs is 1. The van der Waals surface area contributed by atoms with Crippen LogP contribution in [0.25, 0.3) is 0 Å². The summed E-state index contributed by atoms with van der Waals surface area (Å²) in [5, 5.41) is 0. The molecule has 1 saturated heterocycles. The van der Waals surface area contributed by atoms with Crippen LogP contribution in [0.2, 0.25) is 0 Å². The van der Waals surface area contributed by atoms with Crippen LogP contribution in [0.4, 0.5) is 0 Å². The van der Waals surface area contributed by atoms with Crippen LogP contribution >= 0.6 is 15.9 Å². The van der Waals surface area contributed by atoms with E-state index in [-0.39, 0.29) is 5.97 Å². The first-order chi connectivity index (χ1) is 11.3. The highest BCUT2D eigenvalue weighted by atomic mass is 79.9. The van der Waals surface area contributed by atoms with E-state index in [1.165, 1.54) is 7.11 Å².